The Balaban J connectivity index is 1.96. The summed E-state index contributed by atoms with van der Waals surface area (Å²) in [6.07, 6.45) is 1.79. The van der Waals surface area contributed by atoms with Crippen LogP contribution >= 0.6 is 12.2 Å². The Morgan fingerprint density at radius 2 is 1.65 bits per heavy atom. The van der Waals surface area contributed by atoms with E-state index in [-0.39, 0.29) is 16.6 Å². The Bertz CT molecular complexity index is 836. The molecule has 3 amide bonds. The minimum atomic E-state index is -0.649. The van der Waals surface area contributed by atoms with Crippen molar-refractivity contribution in [2.45, 2.75) is 13.3 Å². The van der Waals surface area contributed by atoms with Crippen LogP contribution < -0.4 is 5.01 Å². The van der Waals surface area contributed by atoms with Crippen LogP contribution in [-0.4, -0.2) is 52.4 Å². The van der Waals surface area contributed by atoms with Gasteiger partial charge in [-0.1, -0.05) is 24.3 Å². The molecule has 8 heteroatoms. The van der Waals surface area contributed by atoms with Gasteiger partial charge in [0.15, 0.2) is 5.11 Å². The molecule has 0 unspecified atom stereocenters. The quantitative estimate of drug-likeness (QED) is 0.450. The summed E-state index contributed by atoms with van der Waals surface area (Å²) in [5.41, 5.74) is 1.32. The summed E-state index contributed by atoms with van der Waals surface area (Å²) in [6.45, 7) is 1.81. The molecule has 0 saturated carbocycles. The zero-order valence-electron chi connectivity index (χ0n) is 14.7. The van der Waals surface area contributed by atoms with Crippen LogP contribution in [0.3, 0.4) is 0 Å². The molecule has 2 aliphatic rings. The van der Waals surface area contributed by atoms with Gasteiger partial charge in [0.05, 0.1) is 11.6 Å². The molecule has 0 radical (unpaired) electrons. The van der Waals surface area contributed by atoms with Gasteiger partial charge in [-0.3, -0.25) is 24.2 Å². The van der Waals surface area contributed by atoms with Gasteiger partial charge >= 0.3 is 0 Å². The predicted molar refractivity (Wildman–Crippen MR) is 101 cm³/mol. The monoisotopic (exact) mass is 370 g/mol. The number of anilines is 1. The van der Waals surface area contributed by atoms with Crippen molar-refractivity contribution in [3.63, 3.8) is 0 Å². The number of para-hydroxylation sites is 1. The van der Waals surface area contributed by atoms with E-state index in [1.165, 1.54) is 35.0 Å². The fraction of sp³-hybridized carbons (Fsp3) is 0.278. The minimum Gasteiger partial charge on any atom is -0.288 e. The van der Waals surface area contributed by atoms with Gasteiger partial charge in [0, 0.05) is 26.2 Å². The third-order valence-corrected chi connectivity index (χ3v) is 4.87. The van der Waals surface area contributed by atoms with E-state index in [0.29, 0.717) is 12.1 Å². The number of carbonyl (C=O) groups excluding carboxylic acids is 3. The SMILES string of the molecule is CC1=NN(c2ccccc2)C(=O)[C@@H](C=C2C(=O)N(C)C(=S)N(C)C2=O)C1. The van der Waals surface area contributed by atoms with Crippen molar-refractivity contribution < 1.29 is 14.4 Å². The summed E-state index contributed by atoms with van der Waals surface area (Å²) >= 11 is 5.08. The fourth-order valence-corrected chi connectivity index (χ4v) is 3.07. The van der Waals surface area contributed by atoms with Gasteiger partial charge in [0.25, 0.3) is 17.7 Å². The first kappa shape index (κ1) is 17.9. The van der Waals surface area contributed by atoms with E-state index in [1.54, 1.807) is 12.1 Å². The maximum absolute atomic E-state index is 12.9. The van der Waals surface area contributed by atoms with Crippen molar-refractivity contribution in [2.75, 3.05) is 19.1 Å². The van der Waals surface area contributed by atoms with Gasteiger partial charge in [-0.15, -0.1) is 0 Å². The Kier molecular flexibility index (Phi) is 4.69. The largest absolute Gasteiger partial charge is 0.288 e. The van der Waals surface area contributed by atoms with Gasteiger partial charge in [0.1, 0.15) is 5.57 Å². The molecule has 134 valence electrons. The minimum absolute atomic E-state index is 0.0512. The second-order valence-corrected chi connectivity index (χ2v) is 6.59. The number of carbonyl (C=O) groups is 3. The molecule has 0 N–H and O–H groups in total. The normalized spacial score (nSPS) is 21.3. The summed E-state index contributed by atoms with van der Waals surface area (Å²) in [7, 11) is 3.01. The van der Waals surface area contributed by atoms with Crippen molar-refractivity contribution in [1.82, 2.24) is 9.80 Å². The Hall–Kier alpha value is -2.87. The number of amides is 3. The van der Waals surface area contributed by atoms with Crippen LogP contribution in [0.1, 0.15) is 13.3 Å². The van der Waals surface area contributed by atoms with Crippen molar-refractivity contribution in [3.05, 3.63) is 42.0 Å². The zero-order chi connectivity index (χ0) is 19.0. The lowest BCUT2D eigenvalue weighted by molar-refractivity contribution is -0.132. The number of thiocarbonyl (C=S) groups is 1. The van der Waals surface area contributed by atoms with E-state index in [9.17, 15) is 14.4 Å². The average Bonchev–Trinajstić information content (AvgIpc) is 2.65. The summed E-state index contributed by atoms with van der Waals surface area (Å²) in [6, 6.07) is 9.04. The molecule has 1 aromatic rings. The number of likely N-dealkylation sites (N-methyl/N-ethyl adjacent to an activating group) is 2. The Labute approximate surface area is 156 Å². The van der Waals surface area contributed by atoms with Gasteiger partial charge in [-0.2, -0.15) is 5.10 Å². The molecule has 0 aromatic heterocycles. The average molecular weight is 370 g/mol. The summed E-state index contributed by atoms with van der Waals surface area (Å²) in [4.78, 5) is 40.3. The lowest BCUT2D eigenvalue weighted by Crippen LogP contribution is -2.53. The molecule has 26 heavy (non-hydrogen) atoms. The first-order chi connectivity index (χ1) is 12.3. The van der Waals surface area contributed by atoms with Crippen LogP contribution in [0.4, 0.5) is 5.69 Å². The first-order valence-corrected chi connectivity index (χ1v) is 8.47. The van der Waals surface area contributed by atoms with Crippen molar-refractivity contribution in [1.29, 1.82) is 0 Å². The van der Waals surface area contributed by atoms with E-state index >= 15 is 0 Å². The molecule has 1 aromatic carbocycles. The maximum Gasteiger partial charge on any atom is 0.265 e. The maximum atomic E-state index is 12.9. The van der Waals surface area contributed by atoms with Crippen LogP contribution in [0.2, 0.25) is 0 Å². The molecule has 0 spiro atoms. The van der Waals surface area contributed by atoms with E-state index < -0.39 is 17.7 Å². The van der Waals surface area contributed by atoms with Gasteiger partial charge in [0.2, 0.25) is 0 Å². The highest BCUT2D eigenvalue weighted by Gasteiger charge is 2.38. The molecule has 3 rings (SSSR count). The summed E-state index contributed by atoms with van der Waals surface area (Å²) in [5.74, 6) is -1.94. The molecule has 0 aliphatic carbocycles. The predicted octanol–water partition coefficient (Wildman–Crippen LogP) is 1.56. The lowest BCUT2D eigenvalue weighted by atomic mass is 9.95. The van der Waals surface area contributed by atoms with Crippen molar-refractivity contribution >= 4 is 46.5 Å². The molecular weight excluding hydrogens is 352 g/mol. The molecule has 2 heterocycles. The molecule has 1 atom stereocenters. The highest BCUT2D eigenvalue weighted by molar-refractivity contribution is 7.80. The number of rotatable bonds is 2. The number of hydrogen-bond donors (Lipinski definition) is 0. The number of hydrogen-bond acceptors (Lipinski definition) is 5. The van der Waals surface area contributed by atoms with Gasteiger partial charge in [-0.05, 0) is 31.3 Å². The molecule has 1 saturated heterocycles. The number of benzene rings is 1. The van der Waals surface area contributed by atoms with Gasteiger partial charge < -0.3 is 0 Å². The van der Waals surface area contributed by atoms with E-state index in [1.807, 2.05) is 25.1 Å². The molecule has 1 fully saturated rings. The molecular formula is C18H18N4O3S. The fourth-order valence-electron chi connectivity index (χ4n) is 2.90. The molecule has 2 aliphatic heterocycles. The van der Waals surface area contributed by atoms with E-state index in [0.717, 1.165) is 5.71 Å². The summed E-state index contributed by atoms with van der Waals surface area (Å²) < 4.78 is 0. The second kappa shape index (κ2) is 6.80. The highest BCUT2D eigenvalue weighted by Crippen LogP contribution is 2.26. The third-order valence-electron chi connectivity index (χ3n) is 4.32. The highest BCUT2D eigenvalue weighted by atomic mass is 32.1. The van der Waals surface area contributed by atoms with Crippen LogP contribution in [0.15, 0.2) is 47.1 Å². The third kappa shape index (κ3) is 3.03. The van der Waals surface area contributed by atoms with Crippen LogP contribution in [0.25, 0.3) is 0 Å². The van der Waals surface area contributed by atoms with E-state index in [2.05, 4.69) is 5.10 Å². The summed E-state index contributed by atoms with van der Waals surface area (Å²) in [5, 5.41) is 5.77. The van der Waals surface area contributed by atoms with Gasteiger partial charge in [-0.25, -0.2) is 5.01 Å². The Morgan fingerprint density at radius 3 is 2.23 bits per heavy atom. The number of nitrogens with zero attached hydrogens (tertiary/aromatic N) is 4. The topological polar surface area (TPSA) is 73.3 Å². The molecule has 7 nitrogen and oxygen atoms in total. The van der Waals surface area contributed by atoms with Crippen molar-refractivity contribution in [2.24, 2.45) is 11.0 Å². The zero-order valence-corrected chi connectivity index (χ0v) is 15.5. The standard InChI is InChI=1S/C18H18N4O3S/c1-11-9-12(15(23)22(19-11)13-7-5-4-6-8-13)10-14-16(24)20(2)18(26)21(3)17(14)25/h4-8,10,12H,9H2,1-3H3/t12-/m1/s1. The lowest BCUT2D eigenvalue weighted by Gasteiger charge is -2.33. The smallest absolute Gasteiger partial charge is 0.265 e. The van der Waals surface area contributed by atoms with E-state index in [4.69, 9.17) is 12.2 Å². The number of hydrazone groups is 1. The van der Waals surface area contributed by atoms with Crippen LogP contribution in [0.5, 0.6) is 0 Å². The molecule has 0 bridgehead atoms. The first-order valence-electron chi connectivity index (χ1n) is 8.06. The van der Waals surface area contributed by atoms with Crippen LogP contribution in [-0.2, 0) is 14.4 Å². The second-order valence-electron chi connectivity index (χ2n) is 6.22. The van der Waals surface area contributed by atoms with Crippen molar-refractivity contribution in [3.8, 4) is 0 Å². The Morgan fingerprint density at radius 1 is 1.08 bits per heavy atom. The van der Waals surface area contributed by atoms with Crippen LogP contribution in [0, 0.1) is 5.92 Å².